The number of carbonyl (C=O) groups is 3. The van der Waals surface area contributed by atoms with E-state index in [9.17, 15) is 14.4 Å². The second-order valence-electron chi connectivity index (χ2n) is 5.35. The molecule has 0 radical (unpaired) electrons. The van der Waals surface area contributed by atoms with Crippen molar-refractivity contribution in [1.29, 1.82) is 0 Å². The molecule has 24 heavy (non-hydrogen) atoms. The van der Waals surface area contributed by atoms with Crippen LogP contribution in [0.2, 0.25) is 5.02 Å². The lowest BCUT2D eigenvalue weighted by Gasteiger charge is -2.31. The number of amides is 2. The lowest BCUT2D eigenvalue weighted by molar-refractivity contribution is -0.156. The lowest BCUT2D eigenvalue weighted by Crippen LogP contribution is -2.54. The summed E-state index contributed by atoms with van der Waals surface area (Å²) in [5, 5.41) is 1.68. The SMILES string of the molecule is COC(=O)C1CC(=O)NN(C(=O)CCCOc2ccccc2Cl)C1. The number of para-hydroxylation sites is 1. The Kier molecular flexibility index (Phi) is 6.43. The highest BCUT2D eigenvalue weighted by molar-refractivity contribution is 6.32. The number of hydrazine groups is 1. The minimum Gasteiger partial charge on any atom is -0.492 e. The number of halogens is 1. The van der Waals surface area contributed by atoms with E-state index in [1.54, 1.807) is 18.2 Å². The van der Waals surface area contributed by atoms with Crippen molar-refractivity contribution >= 4 is 29.4 Å². The van der Waals surface area contributed by atoms with Gasteiger partial charge in [-0.3, -0.25) is 24.8 Å². The van der Waals surface area contributed by atoms with Gasteiger partial charge in [-0.2, -0.15) is 0 Å². The molecule has 1 atom stereocenters. The lowest BCUT2D eigenvalue weighted by atomic mass is 10.0. The molecule has 0 aromatic heterocycles. The van der Waals surface area contributed by atoms with Gasteiger partial charge < -0.3 is 9.47 Å². The third kappa shape index (κ3) is 4.86. The zero-order valence-corrected chi connectivity index (χ0v) is 14.0. The molecule has 2 amide bonds. The van der Waals surface area contributed by atoms with Crippen LogP contribution in [0.5, 0.6) is 5.75 Å². The summed E-state index contributed by atoms with van der Waals surface area (Å²) in [6, 6.07) is 7.08. The van der Waals surface area contributed by atoms with Gasteiger partial charge in [-0.25, -0.2) is 0 Å². The molecular formula is C16H19ClN2O5. The summed E-state index contributed by atoms with van der Waals surface area (Å²) in [4.78, 5) is 35.3. The zero-order chi connectivity index (χ0) is 17.5. The second kappa shape index (κ2) is 8.54. The smallest absolute Gasteiger partial charge is 0.311 e. The van der Waals surface area contributed by atoms with Crippen molar-refractivity contribution in [3.8, 4) is 5.75 Å². The Balaban J connectivity index is 1.78. The molecule has 2 rings (SSSR count). The first-order valence-corrected chi connectivity index (χ1v) is 7.94. The predicted octanol–water partition coefficient (Wildman–Crippen LogP) is 1.55. The number of hydrogen-bond acceptors (Lipinski definition) is 5. The minimum absolute atomic E-state index is 0.0199. The third-order valence-corrected chi connectivity index (χ3v) is 3.87. The number of nitrogens with one attached hydrogen (secondary N) is 1. The van der Waals surface area contributed by atoms with E-state index in [0.29, 0.717) is 23.8 Å². The number of methoxy groups -OCH3 is 1. The van der Waals surface area contributed by atoms with Crippen molar-refractivity contribution in [3.63, 3.8) is 0 Å². The first-order chi connectivity index (χ1) is 11.5. The van der Waals surface area contributed by atoms with Gasteiger partial charge in [0.15, 0.2) is 0 Å². The molecule has 130 valence electrons. The quantitative estimate of drug-likeness (QED) is 0.619. The molecule has 1 heterocycles. The second-order valence-corrected chi connectivity index (χ2v) is 5.75. The van der Waals surface area contributed by atoms with Crippen molar-refractivity contribution in [2.45, 2.75) is 19.3 Å². The van der Waals surface area contributed by atoms with E-state index in [-0.39, 0.29) is 31.2 Å². The van der Waals surface area contributed by atoms with Crippen LogP contribution in [0.25, 0.3) is 0 Å². The van der Waals surface area contributed by atoms with Crippen LogP contribution in [-0.4, -0.2) is 43.1 Å². The summed E-state index contributed by atoms with van der Waals surface area (Å²) in [6.45, 7) is 0.431. The Bertz CT molecular complexity index is 622. The maximum Gasteiger partial charge on any atom is 0.311 e. The van der Waals surface area contributed by atoms with Gasteiger partial charge in [0.1, 0.15) is 5.75 Å². The molecule has 0 bridgehead atoms. The van der Waals surface area contributed by atoms with Gasteiger partial charge in [-0.15, -0.1) is 0 Å². The molecule has 1 aliphatic rings. The molecular weight excluding hydrogens is 336 g/mol. The van der Waals surface area contributed by atoms with E-state index < -0.39 is 11.9 Å². The molecule has 1 aromatic rings. The minimum atomic E-state index is -0.632. The highest BCUT2D eigenvalue weighted by Crippen LogP contribution is 2.23. The van der Waals surface area contributed by atoms with E-state index >= 15 is 0 Å². The van der Waals surface area contributed by atoms with Gasteiger partial charge in [0.2, 0.25) is 11.8 Å². The van der Waals surface area contributed by atoms with Gasteiger partial charge in [0.05, 0.1) is 31.2 Å². The van der Waals surface area contributed by atoms with Gasteiger partial charge in [-0.1, -0.05) is 23.7 Å². The third-order valence-electron chi connectivity index (χ3n) is 3.56. The van der Waals surface area contributed by atoms with Crippen LogP contribution in [0, 0.1) is 5.92 Å². The zero-order valence-electron chi connectivity index (χ0n) is 13.3. The average molecular weight is 355 g/mol. The fourth-order valence-electron chi connectivity index (χ4n) is 2.34. The van der Waals surface area contributed by atoms with Crippen molar-refractivity contribution in [1.82, 2.24) is 10.4 Å². The number of nitrogens with zero attached hydrogens (tertiary/aromatic N) is 1. The van der Waals surface area contributed by atoms with Crippen LogP contribution in [0.4, 0.5) is 0 Å². The highest BCUT2D eigenvalue weighted by Gasteiger charge is 2.32. The summed E-state index contributed by atoms with van der Waals surface area (Å²) in [5.74, 6) is -1.22. The monoisotopic (exact) mass is 354 g/mol. The number of hydrogen-bond donors (Lipinski definition) is 1. The number of benzene rings is 1. The number of esters is 1. The molecule has 7 nitrogen and oxygen atoms in total. The van der Waals surface area contributed by atoms with Gasteiger partial charge in [0.25, 0.3) is 0 Å². The van der Waals surface area contributed by atoms with Crippen LogP contribution < -0.4 is 10.2 Å². The van der Waals surface area contributed by atoms with Crippen LogP contribution in [0.1, 0.15) is 19.3 Å². The number of carbonyl (C=O) groups excluding carboxylic acids is 3. The topological polar surface area (TPSA) is 84.9 Å². The fraction of sp³-hybridized carbons (Fsp3) is 0.438. The summed E-state index contributed by atoms with van der Waals surface area (Å²) < 4.78 is 10.1. The Morgan fingerprint density at radius 2 is 2.12 bits per heavy atom. The molecule has 0 aliphatic carbocycles. The van der Waals surface area contributed by atoms with E-state index in [2.05, 4.69) is 10.2 Å². The summed E-state index contributed by atoms with van der Waals surface area (Å²) in [5.41, 5.74) is 2.47. The molecule has 1 fully saturated rings. The molecule has 0 saturated carbocycles. The Morgan fingerprint density at radius 3 is 2.83 bits per heavy atom. The molecule has 8 heteroatoms. The van der Waals surface area contributed by atoms with Gasteiger partial charge >= 0.3 is 5.97 Å². The number of ether oxygens (including phenoxy) is 2. The molecule has 1 N–H and O–H groups in total. The highest BCUT2D eigenvalue weighted by atomic mass is 35.5. The molecule has 1 aliphatic heterocycles. The summed E-state index contributed by atoms with van der Waals surface area (Å²) in [7, 11) is 1.26. The molecule has 1 aromatic carbocycles. The number of rotatable bonds is 6. The maximum absolute atomic E-state index is 12.2. The normalized spacial score (nSPS) is 17.2. The fourth-order valence-corrected chi connectivity index (χ4v) is 2.53. The van der Waals surface area contributed by atoms with Crippen LogP contribution in [0.15, 0.2) is 24.3 Å². The van der Waals surface area contributed by atoms with E-state index in [1.165, 1.54) is 12.1 Å². The van der Waals surface area contributed by atoms with E-state index in [1.807, 2.05) is 6.07 Å². The van der Waals surface area contributed by atoms with Crippen LogP contribution >= 0.6 is 11.6 Å². The Labute approximate surface area is 144 Å². The van der Waals surface area contributed by atoms with Gasteiger partial charge in [0, 0.05) is 12.8 Å². The average Bonchev–Trinajstić information content (AvgIpc) is 2.58. The molecule has 1 saturated heterocycles. The van der Waals surface area contributed by atoms with Crippen LogP contribution in [0.3, 0.4) is 0 Å². The van der Waals surface area contributed by atoms with Gasteiger partial charge in [-0.05, 0) is 18.6 Å². The Hall–Kier alpha value is -2.28. The van der Waals surface area contributed by atoms with E-state index in [4.69, 9.17) is 16.3 Å². The van der Waals surface area contributed by atoms with Crippen molar-refractivity contribution in [2.75, 3.05) is 20.3 Å². The maximum atomic E-state index is 12.2. The van der Waals surface area contributed by atoms with Crippen molar-refractivity contribution < 1.29 is 23.9 Å². The summed E-state index contributed by atoms with van der Waals surface area (Å²) in [6.07, 6.45) is 0.657. The van der Waals surface area contributed by atoms with Crippen molar-refractivity contribution in [3.05, 3.63) is 29.3 Å². The van der Waals surface area contributed by atoms with Crippen LogP contribution in [-0.2, 0) is 19.1 Å². The van der Waals surface area contributed by atoms with Crippen molar-refractivity contribution in [2.24, 2.45) is 5.92 Å². The molecule has 0 spiro atoms. The standard InChI is InChI=1S/C16H19ClN2O5/c1-23-16(22)11-9-14(20)18-19(10-11)15(21)7-4-8-24-13-6-3-2-5-12(13)17/h2-3,5-6,11H,4,7-10H2,1H3,(H,18,20). The first kappa shape index (κ1) is 18.1. The first-order valence-electron chi connectivity index (χ1n) is 7.56. The largest absolute Gasteiger partial charge is 0.492 e. The predicted molar refractivity (Wildman–Crippen MR) is 86.2 cm³/mol. The summed E-state index contributed by atoms with van der Waals surface area (Å²) >= 11 is 5.97. The van der Waals surface area contributed by atoms with E-state index in [0.717, 1.165) is 0 Å². The molecule has 1 unspecified atom stereocenters. The Morgan fingerprint density at radius 1 is 1.38 bits per heavy atom.